The summed E-state index contributed by atoms with van der Waals surface area (Å²) in [5, 5.41) is 12.9. The van der Waals surface area contributed by atoms with Gasteiger partial charge in [0, 0.05) is 31.5 Å². The van der Waals surface area contributed by atoms with Gasteiger partial charge >= 0.3 is 0 Å². The lowest BCUT2D eigenvalue weighted by atomic mass is 9.96. The average Bonchev–Trinajstić information content (AvgIpc) is 2.55. The standard InChI is InChI=1S/C11H22N2O3/c1-7(8(2)12)10(14)13-6-11(15)4-5-16-9(11)3/h7-9,15H,4-6,12H2,1-3H3,(H,13,14). The number of hydrogen-bond acceptors (Lipinski definition) is 4. The minimum atomic E-state index is -0.937. The summed E-state index contributed by atoms with van der Waals surface area (Å²) in [5.41, 5.74) is 4.70. The zero-order chi connectivity index (χ0) is 12.3. The zero-order valence-corrected chi connectivity index (χ0v) is 10.2. The van der Waals surface area contributed by atoms with Gasteiger partial charge in [0.2, 0.25) is 5.91 Å². The molecule has 0 aromatic rings. The first-order valence-electron chi connectivity index (χ1n) is 5.74. The van der Waals surface area contributed by atoms with Crippen molar-refractivity contribution in [3.05, 3.63) is 0 Å². The van der Waals surface area contributed by atoms with Crippen LogP contribution in [0.25, 0.3) is 0 Å². The van der Waals surface area contributed by atoms with E-state index in [0.717, 1.165) is 0 Å². The molecular formula is C11H22N2O3. The Morgan fingerprint density at radius 1 is 1.69 bits per heavy atom. The smallest absolute Gasteiger partial charge is 0.224 e. The first-order chi connectivity index (χ1) is 7.37. The molecule has 1 aliphatic rings. The lowest BCUT2D eigenvalue weighted by Crippen LogP contribution is -2.50. The molecule has 1 amide bonds. The molecule has 5 nitrogen and oxygen atoms in total. The summed E-state index contributed by atoms with van der Waals surface area (Å²) in [4.78, 5) is 11.6. The molecule has 94 valence electrons. The number of nitrogens with two attached hydrogens (primary N) is 1. The lowest BCUT2D eigenvalue weighted by molar-refractivity contribution is -0.126. The van der Waals surface area contributed by atoms with Gasteiger partial charge < -0.3 is 20.9 Å². The van der Waals surface area contributed by atoms with Crippen LogP contribution in [0.3, 0.4) is 0 Å². The van der Waals surface area contributed by atoms with Crippen LogP contribution in [0, 0.1) is 5.92 Å². The minimum Gasteiger partial charge on any atom is -0.385 e. The SMILES string of the molecule is CC(N)C(C)C(=O)NCC1(O)CCOC1C. The Hall–Kier alpha value is -0.650. The Morgan fingerprint density at radius 2 is 2.31 bits per heavy atom. The summed E-state index contributed by atoms with van der Waals surface area (Å²) in [6.07, 6.45) is 0.319. The van der Waals surface area contributed by atoms with Crippen LogP contribution >= 0.6 is 0 Å². The van der Waals surface area contributed by atoms with Gasteiger partial charge in [-0.3, -0.25) is 4.79 Å². The van der Waals surface area contributed by atoms with Crippen LogP contribution in [0.1, 0.15) is 27.2 Å². The molecule has 4 atom stereocenters. The van der Waals surface area contributed by atoms with E-state index >= 15 is 0 Å². The van der Waals surface area contributed by atoms with E-state index < -0.39 is 5.60 Å². The molecule has 0 aromatic carbocycles. The van der Waals surface area contributed by atoms with Gasteiger partial charge in [-0.05, 0) is 13.8 Å². The van der Waals surface area contributed by atoms with Crippen molar-refractivity contribution in [1.82, 2.24) is 5.32 Å². The molecule has 4 N–H and O–H groups in total. The molecule has 1 heterocycles. The summed E-state index contributed by atoms with van der Waals surface area (Å²) in [5.74, 6) is -0.372. The Kier molecular flexibility index (Phi) is 4.29. The topological polar surface area (TPSA) is 84.6 Å². The van der Waals surface area contributed by atoms with Crippen LogP contribution in [-0.4, -0.2) is 41.9 Å². The van der Waals surface area contributed by atoms with Crippen molar-refractivity contribution in [3.8, 4) is 0 Å². The van der Waals surface area contributed by atoms with Crippen LogP contribution in [0.15, 0.2) is 0 Å². The van der Waals surface area contributed by atoms with Crippen LogP contribution < -0.4 is 11.1 Å². The number of nitrogens with one attached hydrogen (secondary N) is 1. The summed E-state index contributed by atoms with van der Waals surface area (Å²) in [6, 6.07) is -0.188. The van der Waals surface area contributed by atoms with Crippen LogP contribution in [-0.2, 0) is 9.53 Å². The van der Waals surface area contributed by atoms with Gasteiger partial charge in [-0.1, -0.05) is 6.92 Å². The summed E-state index contributed by atoms with van der Waals surface area (Å²) in [6.45, 7) is 6.15. The van der Waals surface area contributed by atoms with E-state index in [-0.39, 0.29) is 30.5 Å². The van der Waals surface area contributed by atoms with Crippen molar-refractivity contribution >= 4 is 5.91 Å². The van der Waals surface area contributed by atoms with Crippen molar-refractivity contribution in [3.63, 3.8) is 0 Å². The number of aliphatic hydroxyl groups is 1. The maximum absolute atomic E-state index is 11.6. The second-order valence-electron chi connectivity index (χ2n) is 4.73. The van der Waals surface area contributed by atoms with E-state index in [0.29, 0.717) is 13.0 Å². The highest BCUT2D eigenvalue weighted by atomic mass is 16.5. The fourth-order valence-corrected chi connectivity index (χ4v) is 1.64. The van der Waals surface area contributed by atoms with Crippen LogP contribution in [0.4, 0.5) is 0 Å². The molecule has 1 fully saturated rings. The van der Waals surface area contributed by atoms with Crippen molar-refractivity contribution in [1.29, 1.82) is 0 Å². The Bertz CT molecular complexity index is 258. The monoisotopic (exact) mass is 230 g/mol. The minimum absolute atomic E-state index is 0.123. The fraction of sp³-hybridized carbons (Fsp3) is 0.909. The summed E-state index contributed by atoms with van der Waals surface area (Å²) >= 11 is 0. The van der Waals surface area contributed by atoms with E-state index in [1.807, 2.05) is 6.92 Å². The number of hydrogen-bond donors (Lipinski definition) is 3. The molecule has 0 spiro atoms. The van der Waals surface area contributed by atoms with Gasteiger partial charge in [0.05, 0.1) is 6.10 Å². The van der Waals surface area contributed by atoms with E-state index in [4.69, 9.17) is 10.5 Å². The highest BCUT2D eigenvalue weighted by Gasteiger charge is 2.39. The lowest BCUT2D eigenvalue weighted by Gasteiger charge is -2.27. The molecule has 5 heteroatoms. The van der Waals surface area contributed by atoms with Crippen LogP contribution in [0.5, 0.6) is 0 Å². The number of rotatable bonds is 4. The van der Waals surface area contributed by atoms with E-state index in [2.05, 4.69) is 5.32 Å². The normalized spacial score (nSPS) is 33.4. The van der Waals surface area contributed by atoms with Gasteiger partial charge in [-0.15, -0.1) is 0 Å². The Balaban J connectivity index is 2.42. The van der Waals surface area contributed by atoms with Gasteiger partial charge in [0.15, 0.2) is 0 Å². The molecule has 1 aliphatic heterocycles. The van der Waals surface area contributed by atoms with Gasteiger partial charge in [-0.2, -0.15) is 0 Å². The van der Waals surface area contributed by atoms with Crippen LogP contribution in [0.2, 0.25) is 0 Å². The Morgan fingerprint density at radius 3 is 2.75 bits per heavy atom. The van der Waals surface area contributed by atoms with Crippen molar-refractivity contribution in [2.75, 3.05) is 13.2 Å². The van der Waals surface area contributed by atoms with Gasteiger partial charge in [0.1, 0.15) is 5.60 Å². The first kappa shape index (κ1) is 13.4. The predicted molar refractivity (Wildman–Crippen MR) is 60.8 cm³/mol. The molecule has 4 unspecified atom stereocenters. The molecular weight excluding hydrogens is 208 g/mol. The zero-order valence-electron chi connectivity index (χ0n) is 10.2. The van der Waals surface area contributed by atoms with Crippen molar-refractivity contribution < 1.29 is 14.6 Å². The number of amides is 1. The maximum Gasteiger partial charge on any atom is 0.224 e. The van der Waals surface area contributed by atoms with Crippen molar-refractivity contribution in [2.24, 2.45) is 11.7 Å². The quantitative estimate of drug-likeness (QED) is 0.615. The molecule has 0 radical (unpaired) electrons. The predicted octanol–water partition coefficient (Wildman–Crippen LogP) is -0.374. The molecule has 16 heavy (non-hydrogen) atoms. The molecule has 0 aliphatic carbocycles. The fourth-order valence-electron chi connectivity index (χ4n) is 1.64. The van der Waals surface area contributed by atoms with Gasteiger partial charge in [0.25, 0.3) is 0 Å². The summed E-state index contributed by atoms with van der Waals surface area (Å²) in [7, 11) is 0. The molecule has 0 bridgehead atoms. The van der Waals surface area contributed by atoms with Gasteiger partial charge in [-0.25, -0.2) is 0 Å². The third-order valence-electron chi connectivity index (χ3n) is 3.43. The maximum atomic E-state index is 11.6. The highest BCUT2D eigenvalue weighted by Crippen LogP contribution is 2.24. The second kappa shape index (κ2) is 5.12. The summed E-state index contributed by atoms with van der Waals surface area (Å²) < 4.78 is 5.28. The third kappa shape index (κ3) is 2.93. The first-order valence-corrected chi connectivity index (χ1v) is 5.74. The van der Waals surface area contributed by atoms with E-state index in [9.17, 15) is 9.90 Å². The Labute approximate surface area is 96.3 Å². The largest absolute Gasteiger partial charge is 0.385 e. The van der Waals surface area contributed by atoms with E-state index in [1.54, 1.807) is 13.8 Å². The number of carbonyl (C=O) groups is 1. The number of carbonyl (C=O) groups excluding carboxylic acids is 1. The van der Waals surface area contributed by atoms with Crippen molar-refractivity contribution in [2.45, 2.75) is 44.9 Å². The van der Waals surface area contributed by atoms with E-state index in [1.165, 1.54) is 0 Å². The molecule has 1 saturated heterocycles. The third-order valence-corrected chi connectivity index (χ3v) is 3.43. The number of ether oxygens (including phenoxy) is 1. The highest BCUT2D eigenvalue weighted by molar-refractivity contribution is 5.79. The molecule has 0 aromatic heterocycles. The molecule has 0 saturated carbocycles. The molecule has 1 rings (SSSR count). The second-order valence-corrected chi connectivity index (χ2v) is 4.73. The average molecular weight is 230 g/mol.